The fraction of sp³-hybridized carbons (Fsp3) is 0.643. The van der Waals surface area contributed by atoms with Crippen molar-refractivity contribution in [3.8, 4) is 0 Å². The molecule has 1 unspecified atom stereocenters. The normalized spacial score (nSPS) is 19.1. The molecule has 0 aliphatic carbocycles. The van der Waals surface area contributed by atoms with Gasteiger partial charge in [0.05, 0.1) is 6.10 Å². The van der Waals surface area contributed by atoms with Crippen LogP contribution in [0.3, 0.4) is 0 Å². The van der Waals surface area contributed by atoms with Crippen LogP contribution in [-0.4, -0.2) is 37.8 Å². The summed E-state index contributed by atoms with van der Waals surface area (Å²) in [5.74, 6) is 1.02. The highest BCUT2D eigenvalue weighted by atomic mass is 16.5. The van der Waals surface area contributed by atoms with Crippen molar-refractivity contribution in [1.82, 2.24) is 10.3 Å². The molecular weight excluding hydrogens is 226 g/mol. The fourth-order valence-corrected chi connectivity index (χ4v) is 2.20. The lowest BCUT2D eigenvalue weighted by Crippen LogP contribution is -2.29. The number of hydrogen-bond acceptors (Lipinski definition) is 4. The van der Waals surface area contributed by atoms with Gasteiger partial charge in [0.1, 0.15) is 5.82 Å². The Morgan fingerprint density at radius 2 is 2.39 bits per heavy atom. The van der Waals surface area contributed by atoms with Gasteiger partial charge in [-0.1, -0.05) is 13.0 Å². The molecular formula is C14H23N3O. The lowest BCUT2D eigenvalue weighted by molar-refractivity contribution is 0.116. The molecule has 1 aliphatic heterocycles. The van der Waals surface area contributed by atoms with Crippen LogP contribution in [0.25, 0.3) is 0 Å². The average Bonchev–Trinajstić information content (AvgIpc) is 2.89. The van der Waals surface area contributed by atoms with E-state index in [0.29, 0.717) is 6.10 Å². The highest BCUT2D eigenvalue weighted by Crippen LogP contribution is 2.16. The van der Waals surface area contributed by atoms with Crippen molar-refractivity contribution in [2.75, 3.05) is 31.6 Å². The molecule has 1 aromatic rings. The maximum Gasteiger partial charge on any atom is 0.128 e. The molecule has 1 aromatic heterocycles. The predicted octanol–water partition coefficient (Wildman–Crippen LogP) is 1.81. The summed E-state index contributed by atoms with van der Waals surface area (Å²) >= 11 is 0. The Labute approximate surface area is 109 Å². The maximum absolute atomic E-state index is 5.64. The molecule has 0 spiro atoms. The number of hydrogen-bond donors (Lipinski definition) is 1. The molecule has 18 heavy (non-hydrogen) atoms. The smallest absolute Gasteiger partial charge is 0.128 e. The van der Waals surface area contributed by atoms with Gasteiger partial charge in [-0.15, -0.1) is 0 Å². The largest absolute Gasteiger partial charge is 0.376 e. The summed E-state index contributed by atoms with van der Waals surface area (Å²) in [6.07, 6.45) is 4.68. The quantitative estimate of drug-likeness (QED) is 0.834. The van der Waals surface area contributed by atoms with Gasteiger partial charge in [-0.25, -0.2) is 4.98 Å². The van der Waals surface area contributed by atoms with E-state index < -0.39 is 0 Å². The molecule has 0 radical (unpaired) electrons. The molecule has 2 rings (SSSR count). The number of likely N-dealkylation sites (N-methyl/N-ethyl adjacent to an activating group) is 1. The van der Waals surface area contributed by atoms with Crippen LogP contribution in [0.2, 0.25) is 0 Å². The zero-order valence-corrected chi connectivity index (χ0v) is 11.4. The number of anilines is 1. The monoisotopic (exact) mass is 249 g/mol. The lowest BCUT2D eigenvalue weighted by Gasteiger charge is -2.21. The SMILES string of the molecule is CCNCc1ccc(N(C)CC2CCCO2)nc1. The summed E-state index contributed by atoms with van der Waals surface area (Å²) in [6.45, 7) is 5.82. The van der Waals surface area contributed by atoms with Gasteiger partial charge in [-0.05, 0) is 31.0 Å². The van der Waals surface area contributed by atoms with E-state index in [9.17, 15) is 0 Å². The Morgan fingerprint density at radius 1 is 1.50 bits per heavy atom. The van der Waals surface area contributed by atoms with Gasteiger partial charge in [-0.2, -0.15) is 0 Å². The number of rotatable bonds is 6. The van der Waals surface area contributed by atoms with Gasteiger partial charge in [0.2, 0.25) is 0 Å². The Balaban J connectivity index is 1.87. The second-order valence-corrected chi connectivity index (χ2v) is 4.82. The Morgan fingerprint density at radius 3 is 3.00 bits per heavy atom. The fourth-order valence-electron chi connectivity index (χ4n) is 2.20. The van der Waals surface area contributed by atoms with Gasteiger partial charge in [0.15, 0.2) is 0 Å². The highest BCUT2D eigenvalue weighted by molar-refractivity contribution is 5.38. The average molecular weight is 249 g/mol. The second-order valence-electron chi connectivity index (χ2n) is 4.82. The molecule has 0 aromatic carbocycles. The molecule has 100 valence electrons. The van der Waals surface area contributed by atoms with Crippen LogP contribution in [0.1, 0.15) is 25.3 Å². The Hall–Kier alpha value is -1.13. The molecule has 0 amide bonds. The molecule has 1 aliphatic rings. The third-order valence-electron chi connectivity index (χ3n) is 3.28. The van der Waals surface area contributed by atoms with E-state index in [1.54, 1.807) is 0 Å². The standard InChI is InChI=1S/C14H23N3O/c1-3-15-9-12-6-7-14(16-10-12)17(2)11-13-5-4-8-18-13/h6-7,10,13,15H,3-5,8-9,11H2,1-2H3. The van der Waals surface area contributed by atoms with E-state index in [4.69, 9.17) is 4.74 Å². The maximum atomic E-state index is 5.64. The number of pyridine rings is 1. The van der Waals surface area contributed by atoms with Crippen LogP contribution < -0.4 is 10.2 Å². The van der Waals surface area contributed by atoms with Gasteiger partial charge < -0.3 is 15.0 Å². The molecule has 1 N–H and O–H groups in total. The Bertz CT molecular complexity index is 347. The first kappa shape index (κ1) is 13.3. The molecule has 0 bridgehead atoms. The van der Waals surface area contributed by atoms with Crippen LogP contribution in [0, 0.1) is 0 Å². The predicted molar refractivity (Wildman–Crippen MR) is 73.9 cm³/mol. The van der Waals surface area contributed by atoms with E-state index in [2.05, 4.69) is 41.3 Å². The first-order valence-corrected chi connectivity index (χ1v) is 6.78. The van der Waals surface area contributed by atoms with E-state index in [-0.39, 0.29) is 0 Å². The van der Waals surface area contributed by atoms with Gasteiger partial charge in [0, 0.05) is 32.9 Å². The minimum Gasteiger partial charge on any atom is -0.376 e. The van der Waals surface area contributed by atoms with Crippen molar-refractivity contribution in [3.05, 3.63) is 23.9 Å². The van der Waals surface area contributed by atoms with E-state index in [1.807, 2.05) is 6.20 Å². The van der Waals surface area contributed by atoms with E-state index in [0.717, 1.165) is 32.1 Å². The molecule has 2 heterocycles. The summed E-state index contributed by atoms with van der Waals surface area (Å²) in [5.41, 5.74) is 1.23. The van der Waals surface area contributed by atoms with Gasteiger partial charge in [0.25, 0.3) is 0 Å². The zero-order valence-electron chi connectivity index (χ0n) is 11.4. The summed E-state index contributed by atoms with van der Waals surface area (Å²) in [4.78, 5) is 6.68. The summed E-state index contributed by atoms with van der Waals surface area (Å²) in [6, 6.07) is 4.22. The van der Waals surface area contributed by atoms with Crippen molar-refractivity contribution in [2.24, 2.45) is 0 Å². The van der Waals surface area contributed by atoms with Crippen LogP contribution in [0.4, 0.5) is 5.82 Å². The summed E-state index contributed by atoms with van der Waals surface area (Å²) < 4.78 is 5.64. The number of aromatic nitrogens is 1. The minimum atomic E-state index is 0.373. The van der Waals surface area contributed by atoms with Crippen molar-refractivity contribution in [3.63, 3.8) is 0 Å². The molecule has 1 atom stereocenters. The Kier molecular flexibility index (Phi) is 4.96. The third kappa shape index (κ3) is 3.68. The van der Waals surface area contributed by atoms with Crippen molar-refractivity contribution in [1.29, 1.82) is 0 Å². The first-order valence-electron chi connectivity index (χ1n) is 6.78. The van der Waals surface area contributed by atoms with Crippen LogP contribution in [0.15, 0.2) is 18.3 Å². The minimum absolute atomic E-state index is 0.373. The van der Waals surface area contributed by atoms with Gasteiger partial charge in [-0.3, -0.25) is 0 Å². The topological polar surface area (TPSA) is 37.4 Å². The van der Waals surface area contributed by atoms with Crippen molar-refractivity contribution >= 4 is 5.82 Å². The second kappa shape index (κ2) is 6.71. The van der Waals surface area contributed by atoms with Gasteiger partial charge >= 0.3 is 0 Å². The summed E-state index contributed by atoms with van der Waals surface area (Å²) in [5, 5.41) is 3.30. The van der Waals surface area contributed by atoms with E-state index in [1.165, 1.54) is 18.4 Å². The lowest BCUT2D eigenvalue weighted by atomic mass is 10.2. The molecule has 4 heteroatoms. The van der Waals surface area contributed by atoms with Crippen molar-refractivity contribution in [2.45, 2.75) is 32.4 Å². The molecule has 1 fully saturated rings. The molecule has 0 saturated carbocycles. The molecule has 4 nitrogen and oxygen atoms in total. The van der Waals surface area contributed by atoms with Crippen molar-refractivity contribution < 1.29 is 4.74 Å². The third-order valence-corrected chi connectivity index (χ3v) is 3.28. The van der Waals surface area contributed by atoms with Crippen LogP contribution in [0.5, 0.6) is 0 Å². The summed E-state index contributed by atoms with van der Waals surface area (Å²) in [7, 11) is 2.08. The highest BCUT2D eigenvalue weighted by Gasteiger charge is 2.17. The first-order chi connectivity index (χ1) is 8.79. The van der Waals surface area contributed by atoms with Crippen LogP contribution >= 0.6 is 0 Å². The van der Waals surface area contributed by atoms with Crippen LogP contribution in [-0.2, 0) is 11.3 Å². The molecule has 1 saturated heterocycles. The van der Waals surface area contributed by atoms with E-state index >= 15 is 0 Å². The zero-order chi connectivity index (χ0) is 12.8. The number of nitrogens with one attached hydrogen (secondary N) is 1. The number of ether oxygens (including phenoxy) is 1. The number of nitrogens with zero attached hydrogens (tertiary/aromatic N) is 2.